The van der Waals surface area contributed by atoms with Crippen molar-refractivity contribution in [2.24, 2.45) is 5.73 Å². The fraction of sp³-hybridized carbons (Fsp3) is 0. The van der Waals surface area contributed by atoms with Crippen LogP contribution in [0.5, 0.6) is 11.6 Å². The number of anilines is 1. The third kappa shape index (κ3) is 2.89. The fourth-order valence-corrected chi connectivity index (χ4v) is 1.60. The number of aromatic nitrogens is 1. The van der Waals surface area contributed by atoms with Gasteiger partial charge in [0.15, 0.2) is 0 Å². The van der Waals surface area contributed by atoms with Crippen molar-refractivity contribution in [3.63, 3.8) is 0 Å². The average molecular weight is 291 g/mol. The maximum absolute atomic E-state index is 13.6. The van der Waals surface area contributed by atoms with Crippen LogP contribution in [0, 0.1) is 5.82 Å². The number of hydrogen-bond acceptors (Lipinski definition) is 5. The Morgan fingerprint density at radius 3 is 2.62 bits per heavy atom. The van der Waals surface area contributed by atoms with Crippen molar-refractivity contribution >= 4 is 17.6 Å². The molecule has 1 heterocycles. The van der Waals surface area contributed by atoms with E-state index in [1.807, 2.05) is 0 Å². The second kappa shape index (κ2) is 5.45. The van der Waals surface area contributed by atoms with Crippen molar-refractivity contribution in [2.45, 2.75) is 0 Å². The van der Waals surface area contributed by atoms with E-state index in [1.54, 1.807) is 0 Å². The zero-order valence-electron chi connectivity index (χ0n) is 10.5. The summed E-state index contributed by atoms with van der Waals surface area (Å²) in [5, 5.41) is 8.80. The molecule has 0 saturated carbocycles. The van der Waals surface area contributed by atoms with E-state index in [2.05, 4.69) is 4.98 Å². The number of ether oxygens (including phenoxy) is 1. The van der Waals surface area contributed by atoms with Gasteiger partial charge in [-0.2, -0.15) is 0 Å². The largest absolute Gasteiger partial charge is 0.478 e. The normalized spacial score (nSPS) is 10.1. The van der Waals surface area contributed by atoms with E-state index in [-0.39, 0.29) is 22.9 Å². The molecular formula is C13H10FN3O4. The van der Waals surface area contributed by atoms with Crippen LogP contribution >= 0.6 is 0 Å². The third-order valence-corrected chi connectivity index (χ3v) is 2.55. The Bertz CT molecular complexity index is 733. The summed E-state index contributed by atoms with van der Waals surface area (Å²) in [6.07, 6.45) is 1.03. The molecule has 0 spiro atoms. The lowest BCUT2D eigenvalue weighted by atomic mass is 10.2. The van der Waals surface area contributed by atoms with Crippen molar-refractivity contribution in [1.82, 2.24) is 4.98 Å². The molecule has 108 valence electrons. The van der Waals surface area contributed by atoms with Gasteiger partial charge in [-0.25, -0.2) is 14.2 Å². The lowest BCUT2D eigenvalue weighted by Crippen LogP contribution is -2.14. The van der Waals surface area contributed by atoms with Crippen LogP contribution in [0.4, 0.5) is 10.1 Å². The van der Waals surface area contributed by atoms with Crippen molar-refractivity contribution in [3.8, 4) is 11.6 Å². The van der Waals surface area contributed by atoms with Gasteiger partial charge in [-0.1, -0.05) is 6.07 Å². The highest BCUT2D eigenvalue weighted by molar-refractivity contribution is 5.96. The van der Waals surface area contributed by atoms with E-state index in [4.69, 9.17) is 21.3 Å². The van der Waals surface area contributed by atoms with E-state index in [0.29, 0.717) is 0 Å². The SMILES string of the molecule is NC(=O)c1c(F)cccc1Oc1ncc(C(=O)O)cc1N. The number of pyridine rings is 1. The summed E-state index contributed by atoms with van der Waals surface area (Å²) in [7, 11) is 0. The first kappa shape index (κ1) is 14.3. The highest BCUT2D eigenvalue weighted by Gasteiger charge is 2.17. The quantitative estimate of drug-likeness (QED) is 0.780. The summed E-state index contributed by atoms with van der Waals surface area (Å²) in [6.45, 7) is 0. The molecule has 1 aromatic carbocycles. The highest BCUT2D eigenvalue weighted by Crippen LogP contribution is 2.29. The molecule has 0 radical (unpaired) electrons. The molecule has 1 aromatic heterocycles. The molecule has 1 amide bonds. The lowest BCUT2D eigenvalue weighted by Gasteiger charge is -2.10. The van der Waals surface area contributed by atoms with Gasteiger partial charge in [-0.3, -0.25) is 4.79 Å². The molecular weight excluding hydrogens is 281 g/mol. The Labute approximate surface area is 118 Å². The van der Waals surface area contributed by atoms with Crippen LogP contribution in [0.1, 0.15) is 20.7 Å². The molecule has 2 rings (SSSR count). The molecule has 8 heteroatoms. The minimum absolute atomic E-state index is 0.0745. The molecule has 5 N–H and O–H groups in total. The maximum Gasteiger partial charge on any atom is 0.337 e. The van der Waals surface area contributed by atoms with Crippen molar-refractivity contribution < 1.29 is 23.8 Å². The molecule has 7 nitrogen and oxygen atoms in total. The van der Waals surface area contributed by atoms with Gasteiger partial charge in [-0.15, -0.1) is 0 Å². The number of nitrogens with two attached hydrogens (primary N) is 2. The molecule has 0 unspecified atom stereocenters. The van der Waals surface area contributed by atoms with Crippen LogP contribution in [0.3, 0.4) is 0 Å². The van der Waals surface area contributed by atoms with Crippen molar-refractivity contribution in [2.75, 3.05) is 5.73 Å². The number of amides is 1. The number of carboxylic acids is 1. The predicted molar refractivity (Wildman–Crippen MR) is 70.6 cm³/mol. The summed E-state index contributed by atoms with van der Waals surface area (Å²) in [4.78, 5) is 25.7. The second-order valence-corrected chi connectivity index (χ2v) is 4.00. The van der Waals surface area contributed by atoms with Gasteiger partial charge in [0.2, 0.25) is 5.88 Å². The van der Waals surface area contributed by atoms with E-state index in [0.717, 1.165) is 18.3 Å². The third-order valence-electron chi connectivity index (χ3n) is 2.55. The Balaban J connectivity index is 2.42. The van der Waals surface area contributed by atoms with E-state index in [1.165, 1.54) is 12.1 Å². The summed E-state index contributed by atoms with van der Waals surface area (Å²) < 4.78 is 18.8. The van der Waals surface area contributed by atoms with E-state index >= 15 is 0 Å². The molecule has 0 aliphatic heterocycles. The first-order valence-corrected chi connectivity index (χ1v) is 5.65. The number of nitrogen functional groups attached to an aromatic ring is 1. The number of nitrogens with zero attached hydrogens (tertiary/aromatic N) is 1. The molecule has 2 aromatic rings. The molecule has 0 atom stereocenters. The Hall–Kier alpha value is -3.16. The predicted octanol–water partition coefficient (Wildman–Crippen LogP) is 1.39. The highest BCUT2D eigenvalue weighted by atomic mass is 19.1. The first-order chi connectivity index (χ1) is 9.90. The average Bonchev–Trinajstić information content (AvgIpc) is 2.40. The first-order valence-electron chi connectivity index (χ1n) is 5.65. The fourth-order valence-electron chi connectivity index (χ4n) is 1.60. The summed E-state index contributed by atoms with van der Waals surface area (Å²) in [5.41, 5.74) is 10.0. The van der Waals surface area contributed by atoms with Crippen LogP contribution in [0.25, 0.3) is 0 Å². The van der Waals surface area contributed by atoms with Gasteiger partial charge in [-0.05, 0) is 18.2 Å². The number of aromatic carboxylic acids is 1. The Kier molecular flexibility index (Phi) is 3.70. The zero-order valence-corrected chi connectivity index (χ0v) is 10.5. The number of hydrogen-bond donors (Lipinski definition) is 3. The van der Waals surface area contributed by atoms with Crippen LogP contribution < -0.4 is 16.2 Å². The van der Waals surface area contributed by atoms with Crippen molar-refractivity contribution in [1.29, 1.82) is 0 Å². The molecule has 0 fully saturated rings. The Morgan fingerprint density at radius 2 is 2.05 bits per heavy atom. The summed E-state index contributed by atoms with van der Waals surface area (Å²) >= 11 is 0. The van der Waals surface area contributed by atoms with Crippen LogP contribution in [-0.2, 0) is 0 Å². The van der Waals surface area contributed by atoms with E-state index in [9.17, 15) is 14.0 Å². The van der Waals surface area contributed by atoms with Crippen LogP contribution in [0.2, 0.25) is 0 Å². The van der Waals surface area contributed by atoms with Gasteiger partial charge in [0.05, 0.1) is 11.3 Å². The number of primary amides is 1. The lowest BCUT2D eigenvalue weighted by molar-refractivity contribution is 0.0696. The minimum atomic E-state index is -1.20. The van der Waals surface area contributed by atoms with Gasteiger partial charge in [0, 0.05) is 6.20 Å². The standard InChI is InChI=1S/C13H10FN3O4/c14-7-2-1-3-9(10(7)11(16)18)21-12-8(15)4-6(5-17-12)13(19)20/h1-5H,15H2,(H2,16,18)(H,19,20). The maximum atomic E-state index is 13.6. The van der Waals surface area contributed by atoms with Crippen LogP contribution in [-0.4, -0.2) is 22.0 Å². The second-order valence-electron chi connectivity index (χ2n) is 4.00. The van der Waals surface area contributed by atoms with Gasteiger partial charge >= 0.3 is 5.97 Å². The van der Waals surface area contributed by atoms with Crippen molar-refractivity contribution in [3.05, 3.63) is 47.4 Å². The number of carbonyl (C=O) groups is 2. The molecule has 0 bridgehead atoms. The van der Waals surface area contributed by atoms with Gasteiger partial charge in [0.1, 0.15) is 17.1 Å². The number of benzene rings is 1. The van der Waals surface area contributed by atoms with Crippen LogP contribution in [0.15, 0.2) is 30.5 Å². The smallest absolute Gasteiger partial charge is 0.337 e. The summed E-state index contributed by atoms with van der Waals surface area (Å²) in [5.74, 6) is -3.38. The Morgan fingerprint density at radius 1 is 1.33 bits per heavy atom. The number of carbonyl (C=O) groups excluding carboxylic acids is 1. The monoisotopic (exact) mass is 291 g/mol. The number of halogens is 1. The zero-order chi connectivity index (χ0) is 15.6. The van der Waals surface area contributed by atoms with Gasteiger partial charge in [0.25, 0.3) is 5.91 Å². The number of carboxylic acid groups (broad SMARTS) is 1. The topological polar surface area (TPSA) is 129 Å². The van der Waals surface area contributed by atoms with Gasteiger partial charge < -0.3 is 21.3 Å². The van der Waals surface area contributed by atoms with E-state index < -0.39 is 23.3 Å². The molecule has 21 heavy (non-hydrogen) atoms. The molecule has 0 aliphatic rings. The number of rotatable bonds is 4. The molecule has 0 aliphatic carbocycles. The minimum Gasteiger partial charge on any atom is -0.478 e. The molecule has 0 saturated heterocycles. The summed E-state index contributed by atoms with van der Waals surface area (Å²) in [6, 6.07) is 4.82.